The minimum atomic E-state index is -0.0790. The molecule has 2 heterocycles. The van der Waals surface area contributed by atoms with E-state index in [-0.39, 0.29) is 12.2 Å². The molecule has 0 aliphatic rings. The predicted octanol–water partition coefficient (Wildman–Crippen LogP) is 3.03. The highest BCUT2D eigenvalue weighted by molar-refractivity contribution is 9.11. The number of hydrogen-bond acceptors (Lipinski definition) is 4. The van der Waals surface area contributed by atoms with Crippen LogP contribution in [0.2, 0.25) is 0 Å². The Hall–Kier alpha value is -1.08. The molecular weight excluding hydrogens is 376 g/mol. The molecule has 100 valence electrons. The second kappa shape index (κ2) is 6.38. The zero-order valence-electron chi connectivity index (χ0n) is 10.3. The molecule has 0 aliphatic carbocycles. The minimum absolute atomic E-state index is 0.0790. The Morgan fingerprint density at radius 1 is 1.37 bits per heavy atom. The fourth-order valence-corrected chi connectivity index (χ4v) is 2.88. The maximum absolute atomic E-state index is 12.2. The van der Waals surface area contributed by atoms with Crippen molar-refractivity contribution in [1.29, 1.82) is 0 Å². The van der Waals surface area contributed by atoms with Gasteiger partial charge in [-0.2, -0.15) is 5.10 Å². The topological polar surface area (TPSA) is 60.7 Å². The molecule has 0 unspecified atom stereocenters. The summed E-state index contributed by atoms with van der Waals surface area (Å²) < 4.78 is 3.25. The number of aromatic nitrogens is 4. The maximum atomic E-state index is 12.2. The summed E-state index contributed by atoms with van der Waals surface area (Å²) in [6.45, 7) is 2.82. The zero-order chi connectivity index (χ0) is 13.8. The third-order valence-electron chi connectivity index (χ3n) is 2.52. The fraction of sp³-hybridized carbons (Fsp3) is 0.333. The molecule has 2 aromatic heterocycles. The molecule has 2 aromatic rings. The van der Waals surface area contributed by atoms with Gasteiger partial charge in [0, 0.05) is 21.7 Å². The van der Waals surface area contributed by atoms with Crippen molar-refractivity contribution in [3.63, 3.8) is 0 Å². The van der Waals surface area contributed by atoms with E-state index in [0.29, 0.717) is 16.0 Å². The summed E-state index contributed by atoms with van der Waals surface area (Å²) in [7, 11) is 0. The lowest BCUT2D eigenvalue weighted by atomic mass is 10.2. The molecule has 5 nitrogen and oxygen atoms in total. The lowest BCUT2D eigenvalue weighted by molar-refractivity contribution is 0.0983. The maximum Gasteiger partial charge on any atom is 0.189 e. The number of hydrogen-bond donors (Lipinski definition) is 0. The number of nitrogens with zero attached hydrogens (tertiary/aromatic N) is 4. The van der Waals surface area contributed by atoms with Gasteiger partial charge in [0.2, 0.25) is 0 Å². The van der Waals surface area contributed by atoms with Gasteiger partial charge in [-0.15, -0.1) is 0 Å². The summed E-state index contributed by atoms with van der Waals surface area (Å²) in [5.74, 6) is 0.591. The van der Waals surface area contributed by atoms with Crippen molar-refractivity contribution in [2.75, 3.05) is 0 Å². The van der Waals surface area contributed by atoms with Crippen molar-refractivity contribution in [3.05, 3.63) is 39.1 Å². The van der Waals surface area contributed by atoms with Crippen LogP contribution in [-0.4, -0.2) is 25.5 Å². The minimum Gasteiger partial charge on any atom is -0.292 e. The van der Waals surface area contributed by atoms with Crippen LogP contribution >= 0.6 is 31.9 Å². The Morgan fingerprint density at radius 3 is 2.84 bits per heavy atom. The predicted molar refractivity (Wildman–Crippen MR) is 78.0 cm³/mol. The lowest BCUT2D eigenvalue weighted by Gasteiger charge is -2.05. The van der Waals surface area contributed by atoms with Crippen LogP contribution in [0.3, 0.4) is 0 Å². The molecule has 7 heteroatoms. The van der Waals surface area contributed by atoms with Crippen LogP contribution in [0.1, 0.15) is 29.7 Å². The zero-order valence-corrected chi connectivity index (χ0v) is 13.5. The molecule has 0 N–H and O–H groups in total. The van der Waals surface area contributed by atoms with E-state index in [9.17, 15) is 4.79 Å². The molecule has 19 heavy (non-hydrogen) atoms. The van der Waals surface area contributed by atoms with Gasteiger partial charge in [-0.3, -0.25) is 9.78 Å². The van der Waals surface area contributed by atoms with Crippen molar-refractivity contribution < 1.29 is 4.79 Å². The van der Waals surface area contributed by atoms with Crippen molar-refractivity contribution >= 4 is 37.6 Å². The second-order valence-corrected chi connectivity index (χ2v) is 5.75. The van der Waals surface area contributed by atoms with Gasteiger partial charge >= 0.3 is 0 Å². The van der Waals surface area contributed by atoms with Crippen LogP contribution in [0, 0.1) is 0 Å². The number of ketones is 1. The first-order valence-corrected chi connectivity index (χ1v) is 7.41. The van der Waals surface area contributed by atoms with E-state index < -0.39 is 0 Å². The molecule has 0 aromatic carbocycles. The average molecular weight is 388 g/mol. The molecule has 0 saturated heterocycles. The number of pyridine rings is 1. The van der Waals surface area contributed by atoms with Gasteiger partial charge in [-0.1, -0.05) is 6.92 Å². The monoisotopic (exact) mass is 386 g/mol. The second-order valence-electron chi connectivity index (χ2n) is 3.98. The molecule has 0 spiro atoms. The summed E-state index contributed by atoms with van der Waals surface area (Å²) in [4.78, 5) is 20.5. The Bertz CT molecular complexity index is 597. The summed E-state index contributed by atoms with van der Waals surface area (Å²) in [5.41, 5.74) is 0.411. The van der Waals surface area contributed by atoms with Gasteiger partial charge in [0.05, 0.1) is 6.42 Å². The van der Waals surface area contributed by atoms with E-state index in [0.717, 1.165) is 17.4 Å². The number of halogens is 2. The third-order valence-corrected chi connectivity index (χ3v) is 3.56. The summed E-state index contributed by atoms with van der Waals surface area (Å²) in [6, 6.07) is 1.80. The van der Waals surface area contributed by atoms with Gasteiger partial charge in [-0.25, -0.2) is 9.67 Å². The van der Waals surface area contributed by atoms with Crippen LogP contribution in [0.25, 0.3) is 0 Å². The largest absolute Gasteiger partial charge is 0.292 e. The summed E-state index contributed by atoms with van der Waals surface area (Å²) in [5, 5.41) is 4.10. The van der Waals surface area contributed by atoms with Crippen LogP contribution in [0.5, 0.6) is 0 Å². The smallest absolute Gasteiger partial charge is 0.189 e. The number of Topliss-reactive ketones (excluding diaryl/α,β-unsaturated/α-hetero) is 1. The van der Waals surface area contributed by atoms with E-state index in [1.54, 1.807) is 16.9 Å². The van der Waals surface area contributed by atoms with E-state index in [1.165, 1.54) is 6.33 Å². The first kappa shape index (κ1) is 14.3. The standard InChI is InChI=1S/C12H12Br2N4O/c1-2-3-18-11(16-7-17-18)5-10(19)12-9(14)4-8(13)6-15-12/h4,6-7H,2-3,5H2,1H3. The number of aryl methyl sites for hydroxylation is 1. The molecule has 0 saturated carbocycles. The van der Waals surface area contributed by atoms with Crippen LogP contribution in [0.4, 0.5) is 0 Å². The van der Waals surface area contributed by atoms with Gasteiger partial charge in [-0.05, 0) is 44.3 Å². The first-order valence-electron chi connectivity index (χ1n) is 5.82. The Morgan fingerprint density at radius 2 is 2.16 bits per heavy atom. The van der Waals surface area contributed by atoms with E-state index >= 15 is 0 Å². The van der Waals surface area contributed by atoms with Crippen molar-refractivity contribution in [2.24, 2.45) is 0 Å². The lowest BCUT2D eigenvalue weighted by Crippen LogP contribution is -2.13. The molecule has 0 atom stereocenters. The van der Waals surface area contributed by atoms with E-state index in [4.69, 9.17) is 0 Å². The average Bonchev–Trinajstić information content (AvgIpc) is 2.77. The molecule has 0 bridgehead atoms. The van der Waals surface area contributed by atoms with Gasteiger partial charge in [0.1, 0.15) is 17.8 Å². The van der Waals surface area contributed by atoms with Crippen LogP contribution in [-0.2, 0) is 13.0 Å². The van der Waals surface area contributed by atoms with Gasteiger partial charge in [0.15, 0.2) is 5.78 Å². The number of carbonyl (C=O) groups is 1. The normalized spacial score (nSPS) is 10.7. The van der Waals surface area contributed by atoms with Crippen molar-refractivity contribution in [3.8, 4) is 0 Å². The van der Waals surface area contributed by atoms with Gasteiger partial charge in [0.25, 0.3) is 0 Å². The van der Waals surface area contributed by atoms with Crippen molar-refractivity contribution in [1.82, 2.24) is 19.7 Å². The first-order chi connectivity index (χ1) is 9.11. The number of carbonyl (C=O) groups excluding carboxylic acids is 1. The van der Waals surface area contributed by atoms with Gasteiger partial charge < -0.3 is 0 Å². The SMILES string of the molecule is CCCn1ncnc1CC(=O)c1ncc(Br)cc1Br. The summed E-state index contributed by atoms with van der Waals surface area (Å²) >= 11 is 6.65. The summed E-state index contributed by atoms with van der Waals surface area (Å²) in [6.07, 6.45) is 4.23. The number of rotatable bonds is 5. The molecular formula is C12H12Br2N4O. The Kier molecular flexibility index (Phi) is 4.81. The fourth-order valence-electron chi connectivity index (χ4n) is 1.67. The molecule has 0 amide bonds. The molecule has 0 fully saturated rings. The Labute approximate surface area is 127 Å². The molecule has 0 aliphatic heterocycles. The van der Waals surface area contributed by atoms with E-state index in [1.807, 2.05) is 0 Å². The highest BCUT2D eigenvalue weighted by Gasteiger charge is 2.16. The van der Waals surface area contributed by atoms with Crippen molar-refractivity contribution in [2.45, 2.75) is 26.3 Å². The van der Waals surface area contributed by atoms with Crippen LogP contribution in [0.15, 0.2) is 27.5 Å². The Balaban J connectivity index is 2.18. The van der Waals surface area contributed by atoms with E-state index in [2.05, 4.69) is 53.9 Å². The molecule has 0 radical (unpaired) electrons. The third kappa shape index (κ3) is 3.48. The quantitative estimate of drug-likeness (QED) is 0.739. The highest BCUT2D eigenvalue weighted by atomic mass is 79.9. The molecule has 2 rings (SSSR count). The highest BCUT2D eigenvalue weighted by Crippen LogP contribution is 2.20. The van der Waals surface area contributed by atoms with Crippen LogP contribution < -0.4 is 0 Å².